The number of rotatable bonds is 4. The van der Waals surface area contributed by atoms with E-state index in [0.29, 0.717) is 23.4 Å². The number of fused-ring (bicyclic) bond motifs is 9. The third kappa shape index (κ3) is 4.71. The van der Waals surface area contributed by atoms with Crippen LogP contribution in [-0.4, -0.2) is 19.9 Å². The summed E-state index contributed by atoms with van der Waals surface area (Å²) < 4.78 is 6.59. The van der Waals surface area contributed by atoms with Crippen LogP contribution in [-0.2, 0) is 0 Å². The number of hydrogen-bond donors (Lipinski definition) is 0. The second kappa shape index (κ2) is 11.7. The molecule has 11 rings (SSSR count). The molecular formula is C48H28N4O. The molecule has 0 saturated carbocycles. The zero-order valence-corrected chi connectivity index (χ0v) is 28.4. The van der Waals surface area contributed by atoms with Gasteiger partial charge in [-0.3, -0.25) is 0 Å². The highest BCUT2D eigenvalue weighted by Crippen LogP contribution is 2.41. The zero-order chi connectivity index (χ0) is 34.9. The molecule has 0 bridgehead atoms. The van der Waals surface area contributed by atoms with Gasteiger partial charge in [-0.1, -0.05) is 152 Å². The number of aromatic nitrogens is 4. The first-order valence-electron chi connectivity index (χ1n) is 17.7. The highest BCUT2D eigenvalue weighted by Gasteiger charge is 2.19. The minimum atomic E-state index is 0.609. The van der Waals surface area contributed by atoms with Crippen LogP contribution in [0.2, 0.25) is 0 Å². The predicted molar refractivity (Wildman–Crippen MR) is 217 cm³/mol. The second-order valence-electron chi connectivity index (χ2n) is 13.4. The van der Waals surface area contributed by atoms with Gasteiger partial charge >= 0.3 is 0 Å². The largest absolute Gasteiger partial charge is 0.435 e. The van der Waals surface area contributed by atoms with Gasteiger partial charge in [0.05, 0.1) is 0 Å². The van der Waals surface area contributed by atoms with Gasteiger partial charge in [-0.15, -0.1) is 0 Å². The van der Waals surface area contributed by atoms with Crippen molar-refractivity contribution >= 4 is 65.0 Å². The smallest absolute Gasteiger partial charge is 0.227 e. The summed E-state index contributed by atoms with van der Waals surface area (Å²) in [7, 11) is 0. The summed E-state index contributed by atoms with van der Waals surface area (Å²) in [4.78, 5) is 20.6. The van der Waals surface area contributed by atoms with Crippen molar-refractivity contribution in [1.82, 2.24) is 19.9 Å². The Kier molecular flexibility index (Phi) is 6.48. The van der Waals surface area contributed by atoms with Crippen LogP contribution in [0, 0.1) is 0 Å². The molecule has 11 aromatic rings. The summed E-state index contributed by atoms with van der Waals surface area (Å²) in [5.41, 5.74) is 5.42. The van der Waals surface area contributed by atoms with Gasteiger partial charge in [0.1, 0.15) is 5.52 Å². The summed E-state index contributed by atoms with van der Waals surface area (Å²) in [5.74, 6) is 2.50. The first-order chi connectivity index (χ1) is 26.3. The van der Waals surface area contributed by atoms with Gasteiger partial charge in [-0.25, -0.2) is 19.9 Å². The Labute approximate surface area is 303 Å². The van der Waals surface area contributed by atoms with Crippen molar-refractivity contribution < 1.29 is 4.42 Å². The summed E-state index contributed by atoms with van der Waals surface area (Å²) in [6, 6.07) is 58.7. The van der Waals surface area contributed by atoms with Gasteiger partial charge in [-0.2, -0.15) is 0 Å². The van der Waals surface area contributed by atoms with Gasteiger partial charge in [0.15, 0.2) is 23.1 Å². The monoisotopic (exact) mass is 676 g/mol. The van der Waals surface area contributed by atoms with E-state index in [1.807, 2.05) is 36.4 Å². The number of oxazole rings is 1. The fourth-order valence-corrected chi connectivity index (χ4v) is 7.85. The molecule has 5 nitrogen and oxygen atoms in total. The third-order valence-electron chi connectivity index (χ3n) is 10.3. The minimum Gasteiger partial charge on any atom is -0.435 e. The normalized spacial score (nSPS) is 11.8. The van der Waals surface area contributed by atoms with Crippen LogP contribution in [0.1, 0.15) is 0 Å². The van der Waals surface area contributed by atoms with E-state index in [1.165, 1.54) is 0 Å². The highest BCUT2D eigenvalue weighted by molar-refractivity contribution is 6.27. The molecule has 0 fully saturated rings. The molecule has 0 aliphatic rings. The van der Waals surface area contributed by atoms with Gasteiger partial charge in [0.2, 0.25) is 5.89 Å². The van der Waals surface area contributed by atoms with Crippen LogP contribution < -0.4 is 0 Å². The Balaban J connectivity index is 1.20. The highest BCUT2D eigenvalue weighted by atomic mass is 16.3. The number of nitrogens with zero attached hydrogens (tertiary/aromatic N) is 4. The molecule has 2 heterocycles. The molecule has 0 saturated heterocycles. The first-order valence-corrected chi connectivity index (χ1v) is 17.7. The van der Waals surface area contributed by atoms with E-state index in [2.05, 4.69) is 133 Å². The number of benzene rings is 9. The Morgan fingerprint density at radius 2 is 0.811 bits per heavy atom. The molecule has 0 aliphatic carbocycles. The molecule has 0 radical (unpaired) electrons. The fraction of sp³-hybridized carbons (Fsp3) is 0. The van der Waals surface area contributed by atoms with Crippen LogP contribution in [0.4, 0.5) is 0 Å². The molecule has 0 spiro atoms. The van der Waals surface area contributed by atoms with E-state index < -0.39 is 0 Å². The average molecular weight is 677 g/mol. The molecule has 0 aliphatic heterocycles. The van der Waals surface area contributed by atoms with Crippen LogP contribution in [0.15, 0.2) is 174 Å². The molecule has 0 N–H and O–H groups in total. The van der Waals surface area contributed by atoms with Gasteiger partial charge < -0.3 is 4.42 Å². The lowest BCUT2D eigenvalue weighted by Crippen LogP contribution is -2.01. The maximum absolute atomic E-state index is 6.59. The molecule has 5 heteroatoms. The topological polar surface area (TPSA) is 64.7 Å². The molecule has 0 amide bonds. The lowest BCUT2D eigenvalue weighted by atomic mass is 9.93. The molecule has 246 valence electrons. The van der Waals surface area contributed by atoms with Crippen molar-refractivity contribution in [3.8, 4) is 45.6 Å². The lowest BCUT2D eigenvalue weighted by Gasteiger charge is -2.14. The SMILES string of the molecule is c1ccc(-c2nc3ccc4ccc5ccc6c(-c7nc(-c8cccc9ccccc89)nc(-c8cccc9ccccc89)n7)cccc6c5c4c3o2)cc1. The summed E-state index contributed by atoms with van der Waals surface area (Å²) in [6.07, 6.45) is 0. The average Bonchev–Trinajstić information content (AvgIpc) is 3.68. The molecular weight excluding hydrogens is 649 g/mol. The zero-order valence-electron chi connectivity index (χ0n) is 28.4. The Morgan fingerprint density at radius 1 is 0.321 bits per heavy atom. The van der Waals surface area contributed by atoms with E-state index in [-0.39, 0.29) is 0 Å². The quantitative estimate of drug-likeness (QED) is 0.174. The maximum atomic E-state index is 6.59. The summed E-state index contributed by atoms with van der Waals surface area (Å²) in [5, 5.41) is 11.0. The van der Waals surface area contributed by atoms with Crippen molar-refractivity contribution in [2.75, 3.05) is 0 Å². The van der Waals surface area contributed by atoms with Crippen molar-refractivity contribution in [3.05, 3.63) is 170 Å². The van der Waals surface area contributed by atoms with E-state index in [1.54, 1.807) is 0 Å². The van der Waals surface area contributed by atoms with Crippen LogP contribution in [0.5, 0.6) is 0 Å². The molecule has 0 atom stereocenters. The van der Waals surface area contributed by atoms with Gasteiger partial charge in [-0.05, 0) is 61.3 Å². The standard InChI is InChI=1S/C48H28N4O/c1-2-13-33(14-3-1)48-49-41-28-26-32-24-23-31-25-27-36-37(42(31)43(32)44(41)53-48)19-10-22-40(36)47-51-45(38-20-8-15-29-11-4-6-17-34(29)38)50-46(52-47)39-21-9-16-30-12-5-7-18-35(30)39/h1-28H. The van der Waals surface area contributed by atoms with Gasteiger partial charge in [0.25, 0.3) is 0 Å². The van der Waals surface area contributed by atoms with E-state index in [4.69, 9.17) is 24.4 Å². The maximum Gasteiger partial charge on any atom is 0.227 e. The third-order valence-corrected chi connectivity index (χ3v) is 10.3. The van der Waals surface area contributed by atoms with E-state index in [0.717, 1.165) is 87.2 Å². The van der Waals surface area contributed by atoms with Crippen molar-refractivity contribution in [3.63, 3.8) is 0 Å². The van der Waals surface area contributed by atoms with Gasteiger partial charge in [0, 0.05) is 33.0 Å². The lowest BCUT2D eigenvalue weighted by molar-refractivity contribution is 0.623. The van der Waals surface area contributed by atoms with E-state index >= 15 is 0 Å². The van der Waals surface area contributed by atoms with Crippen LogP contribution >= 0.6 is 0 Å². The Bertz CT molecular complexity index is 3130. The fourth-order valence-electron chi connectivity index (χ4n) is 7.85. The summed E-state index contributed by atoms with van der Waals surface area (Å²) in [6.45, 7) is 0. The Morgan fingerprint density at radius 3 is 1.47 bits per heavy atom. The van der Waals surface area contributed by atoms with Crippen molar-refractivity contribution in [2.24, 2.45) is 0 Å². The van der Waals surface area contributed by atoms with Crippen LogP contribution in [0.25, 0.3) is 111 Å². The number of hydrogen-bond acceptors (Lipinski definition) is 5. The minimum absolute atomic E-state index is 0.609. The second-order valence-corrected chi connectivity index (χ2v) is 13.4. The first kappa shape index (κ1) is 29.5. The van der Waals surface area contributed by atoms with E-state index in [9.17, 15) is 0 Å². The van der Waals surface area contributed by atoms with Crippen LogP contribution in [0.3, 0.4) is 0 Å². The molecule has 2 aromatic heterocycles. The Hall–Kier alpha value is -7.24. The summed E-state index contributed by atoms with van der Waals surface area (Å²) >= 11 is 0. The molecule has 0 unspecified atom stereocenters. The van der Waals surface area contributed by atoms with Crippen molar-refractivity contribution in [2.45, 2.75) is 0 Å². The molecule has 53 heavy (non-hydrogen) atoms. The van der Waals surface area contributed by atoms with Crippen molar-refractivity contribution in [1.29, 1.82) is 0 Å². The predicted octanol–water partition coefficient (Wildman–Crippen LogP) is 12.4. The molecule has 9 aromatic carbocycles.